The number of nitrogens with one attached hydrogen (secondary N) is 1. The number of carbonyl (C=O) groups is 3. The summed E-state index contributed by atoms with van der Waals surface area (Å²) < 4.78 is 0. The standard InChI is InChI=1S/C10H8N2O3/c11-7(13)4-5-2-1-3-6-8(5)9(14)10(15)12-6/h1-3H,4H2,(H2,11,13)(H,12,14,15). The summed E-state index contributed by atoms with van der Waals surface area (Å²) in [5.41, 5.74) is 6.25. The molecule has 1 aromatic rings. The third-order valence-corrected chi connectivity index (χ3v) is 2.20. The van der Waals surface area contributed by atoms with Crippen LogP contribution in [0.3, 0.4) is 0 Å². The lowest BCUT2D eigenvalue weighted by molar-refractivity contribution is -0.117. The molecule has 0 unspecified atom stereocenters. The number of nitrogens with two attached hydrogens (primary N) is 1. The fraction of sp³-hybridized carbons (Fsp3) is 0.100. The van der Waals surface area contributed by atoms with Crippen molar-refractivity contribution in [2.75, 3.05) is 5.32 Å². The van der Waals surface area contributed by atoms with Gasteiger partial charge in [-0.1, -0.05) is 12.1 Å². The second-order valence-corrected chi connectivity index (χ2v) is 3.27. The average Bonchev–Trinajstić information content (AvgIpc) is 2.43. The second-order valence-electron chi connectivity index (χ2n) is 3.27. The maximum atomic E-state index is 11.4. The van der Waals surface area contributed by atoms with Gasteiger partial charge in [-0.25, -0.2) is 0 Å². The molecule has 0 radical (unpaired) electrons. The molecular weight excluding hydrogens is 196 g/mol. The first kappa shape index (κ1) is 9.39. The molecule has 1 aliphatic rings. The van der Waals surface area contributed by atoms with Crippen molar-refractivity contribution in [1.29, 1.82) is 0 Å². The van der Waals surface area contributed by atoms with Gasteiger partial charge in [0.05, 0.1) is 17.7 Å². The molecule has 3 N–H and O–H groups in total. The second kappa shape index (κ2) is 3.20. The average molecular weight is 204 g/mol. The number of hydrogen-bond donors (Lipinski definition) is 2. The molecule has 0 atom stereocenters. The predicted molar refractivity (Wildman–Crippen MR) is 52.3 cm³/mol. The van der Waals surface area contributed by atoms with Crippen LogP contribution in [-0.2, 0) is 16.0 Å². The fourth-order valence-corrected chi connectivity index (χ4v) is 1.60. The summed E-state index contributed by atoms with van der Waals surface area (Å²) in [4.78, 5) is 33.3. The number of benzene rings is 1. The van der Waals surface area contributed by atoms with Crippen LogP contribution < -0.4 is 11.1 Å². The Morgan fingerprint density at radius 3 is 2.73 bits per heavy atom. The molecule has 1 heterocycles. The molecule has 0 bridgehead atoms. The first-order chi connectivity index (χ1) is 7.09. The van der Waals surface area contributed by atoms with E-state index in [4.69, 9.17) is 5.73 Å². The molecule has 0 aromatic heterocycles. The van der Waals surface area contributed by atoms with Crippen LogP contribution in [0, 0.1) is 0 Å². The van der Waals surface area contributed by atoms with Gasteiger partial charge < -0.3 is 11.1 Å². The lowest BCUT2D eigenvalue weighted by atomic mass is 10.0. The van der Waals surface area contributed by atoms with Crippen molar-refractivity contribution >= 4 is 23.3 Å². The number of rotatable bonds is 2. The van der Waals surface area contributed by atoms with Crippen LogP contribution in [0.15, 0.2) is 18.2 Å². The summed E-state index contributed by atoms with van der Waals surface area (Å²) in [6.07, 6.45) is -0.0378. The molecule has 15 heavy (non-hydrogen) atoms. The predicted octanol–water partition coefficient (Wildman–Crippen LogP) is -0.151. The van der Waals surface area contributed by atoms with Gasteiger partial charge in [0.25, 0.3) is 11.7 Å². The maximum absolute atomic E-state index is 11.4. The third-order valence-electron chi connectivity index (χ3n) is 2.20. The summed E-state index contributed by atoms with van der Waals surface area (Å²) in [5, 5.41) is 2.42. The first-order valence-corrected chi connectivity index (χ1v) is 4.35. The van der Waals surface area contributed by atoms with Crippen LogP contribution in [0.1, 0.15) is 15.9 Å². The molecule has 0 saturated heterocycles. The molecule has 0 spiro atoms. The van der Waals surface area contributed by atoms with E-state index >= 15 is 0 Å². The summed E-state index contributed by atoms with van der Waals surface area (Å²) in [6.45, 7) is 0. The highest BCUT2D eigenvalue weighted by Crippen LogP contribution is 2.26. The van der Waals surface area contributed by atoms with E-state index in [0.717, 1.165) is 0 Å². The normalized spacial score (nSPS) is 13.6. The Bertz CT molecular complexity index is 480. The maximum Gasteiger partial charge on any atom is 0.296 e. The van der Waals surface area contributed by atoms with Crippen molar-refractivity contribution in [1.82, 2.24) is 0 Å². The highest BCUT2D eigenvalue weighted by molar-refractivity contribution is 6.52. The number of amides is 2. The van der Waals surface area contributed by atoms with Crippen LogP contribution >= 0.6 is 0 Å². The smallest absolute Gasteiger partial charge is 0.296 e. The minimum atomic E-state index is -0.665. The lowest BCUT2D eigenvalue weighted by Gasteiger charge is -2.02. The van der Waals surface area contributed by atoms with Crippen LogP contribution in [0.25, 0.3) is 0 Å². The van der Waals surface area contributed by atoms with Gasteiger partial charge in [0.15, 0.2) is 0 Å². The van der Waals surface area contributed by atoms with Crippen molar-refractivity contribution in [2.45, 2.75) is 6.42 Å². The Kier molecular flexibility index (Phi) is 2.00. The van der Waals surface area contributed by atoms with E-state index in [1.165, 1.54) is 0 Å². The zero-order chi connectivity index (χ0) is 11.0. The van der Waals surface area contributed by atoms with E-state index in [0.29, 0.717) is 11.3 Å². The highest BCUT2D eigenvalue weighted by atomic mass is 16.2. The van der Waals surface area contributed by atoms with E-state index < -0.39 is 17.6 Å². The van der Waals surface area contributed by atoms with Gasteiger partial charge in [-0.15, -0.1) is 0 Å². The highest BCUT2D eigenvalue weighted by Gasteiger charge is 2.30. The minimum Gasteiger partial charge on any atom is -0.369 e. The summed E-state index contributed by atoms with van der Waals surface area (Å²) in [6, 6.07) is 4.89. The van der Waals surface area contributed by atoms with Gasteiger partial charge in [-0.05, 0) is 11.6 Å². The number of anilines is 1. The number of Topliss-reactive ketones (excluding diaryl/α,β-unsaturated/α-hetero) is 1. The van der Waals surface area contributed by atoms with Crippen LogP contribution in [0.2, 0.25) is 0 Å². The van der Waals surface area contributed by atoms with E-state index in [1.807, 2.05) is 0 Å². The Balaban J connectivity index is 2.52. The van der Waals surface area contributed by atoms with Crippen LogP contribution in [0.5, 0.6) is 0 Å². The van der Waals surface area contributed by atoms with E-state index in [9.17, 15) is 14.4 Å². The third kappa shape index (κ3) is 1.48. The summed E-state index contributed by atoms with van der Waals surface area (Å²) in [7, 11) is 0. The molecule has 0 saturated carbocycles. The van der Waals surface area contributed by atoms with E-state index in [-0.39, 0.29) is 12.0 Å². The Hall–Kier alpha value is -2.17. The van der Waals surface area contributed by atoms with Crippen molar-refractivity contribution in [3.63, 3.8) is 0 Å². The Morgan fingerprint density at radius 1 is 1.33 bits per heavy atom. The molecule has 0 aliphatic carbocycles. The molecule has 2 rings (SSSR count). The summed E-state index contributed by atoms with van der Waals surface area (Å²) in [5.74, 6) is -1.81. The Labute approximate surface area is 85.3 Å². The van der Waals surface area contributed by atoms with Crippen LogP contribution in [-0.4, -0.2) is 17.6 Å². The number of hydrogen-bond acceptors (Lipinski definition) is 3. The number of carbonyl (C=O) groups excluding carboxylic acids is 3. The fourth-order valence-electron chi connectivity index (χ4n) is 1.60. The first-order valence-electron chi connectivity index (χ1n) is 4.35. The quantitative estimate of drug-likeness (QED) is 0.656. The van der Waals surface area contributed by atoms with E-state index in [1.54, 1.807) is 18.2 Å². The van der Waals surface area contributed by atoms with Crippen molar-refractivity contribution in [3.8, 4) is 0 Å². The summed E-state index contributed by atoms with van der Waals surface area (Å²) >= 11 is 0. The van der Waals surface area contributed by atoms with Crippen LogP contribution in [0.4, 0.5) is 5.69 Å². The molecule has 5 heteroatoms. The monoisotopic (exact) mass is 204 g/mol. The number of primary amides is 1. The van der Waals surface area contributed by atoms with Crippen molar-refractivity contribution in [2.24, 2.45) is 5.73 Å². The lowest BCUT2D eigenvalue weighted by Crippen LogP contribution is -2.17. The van der Waals surface area contributed by atoms with Crippen molar-refractivity contribution < 1.29 is 14.4 Å². The molecule has 1 aromatic carbocycles. The number of fused-ring (bicyclic) bond motifs is 1. The zero-order valence-electron chi connectivity index (χ0n) is 7.74. The largest absolute Gasteiger partial charge is 0.369 e. The molecule has 1 aliphatic heterocycles. The molecule has 5 nitrogen and oxygen atoms in total. The van der Waals surface area contributed by atoms with Gasteiger partial charge in [0.2, 0.25) is 5.91 Å². The SMILES string of the molecule is NC(=O)Cc1cccc2c1C(=O)C(=O)N2. The van der Waals surface area contributed by atoms with Gasteiger partial charge in [-0.2, -0.15) is 0 Å². The topological polar surface area (TPSA) is 89.3 Å². The Morgan fingerprint density at radius 2 is 2.07 bits per heavy atom. The minimum absolute atomic E-state index is 0.0378. The molecule has 2 amide bonds. The zero-order valence-corrected chi connectivity index (χ0v) is 7.74. The van der Waals surface area contributed by atoms with E-state index in [2.05, 4.69) is 5.32 Å². The molecule has 0 fully saturated rings. The molecule has 76 valence electrons. The van der Waals surface area contributed by atoms with Gasteiger partial charge in [0, 0.05) is 0 Å². The molecular formula is C10H8N2O3. The van der Waals surface area contributed by atoms with Gasteiger partial charge in [0.1, 0.15) is 0 Å². The van der Waals surface area contributed by atoms with Crippen molar-refractivity contribution in [3.05, 3.63) is 29.3 Å². The number of ketones is 1. The van der Waals surface area contributed by atoms with Gasteiger partial charge in [-0.3, -0.25) is 14.4 Å². The van der Waals surface area contributed by atoms with Gasteiger partial charge >= 0.3 is 0 Å².